The minimum absolute atomic E-state index is 0.0465. The van der Waals surface area contributed by atoms with Crippen LogP contribution in [-0.2, 0) is 14.3 Å². The lowest BCUT2D eigenvalue weighted by Crippen LogP contribution is -2.04. The van der Waals surface area contributed by atoms with Crippen molar-refractivity contribution < 1.29 is 19.4 Å². The molecule has 0 aliphatic heterocycles. The summed E-state index contributed by atoms with van der Waals surface area (Å²) < 4.78 is 4.33. The van der Waals surface area contributed by atoms with Gasteiger partial charge in [-0.25, -0.2) is 15.0 Å². The lowest BCUT2D eigenvalue weighted by molar-refractivity contribution is -0.138. The van der Waals surface area contributed by atoms with E-state index in [9.17, 15) is 4.79 Å². The molecule has 0 saturated heterocycles. The van der Waals surface area contributed by atoms with Crippen molar-refractivity contribution in [2.45, 2.75) is 0 Å². The van der Waals surface area contributed by atoms with Gasteiger partial charge in [-0.2, -0.15) is 0 Å². The van der Waals surface area contributed by atoms with E-state index in [1.165, 1.54) is 0 Å². The van der Waals surface area contributed by atoms with Gasteiger partial charge < -0.3 is 9.84 Å². The van der Waals surface area contributed by atoms with Gasteiger partial charge in [0.15, 0.2) is 0 Å². The Hall–Kier alpha value is -1.45. The third-order valence-corrected chi connectivity index (χ3v) is 0.502. The summed E-state index contributed by atoms with van der Waals surface area (Å²) in [4.78, 5) is 18.5. The van der Waals surface area contributed by atoms with Crippen molar-refractivity contribution in [3.05, 3.63) is 12.7 Å². The van der Waals surface area contributed by atoms with E-state index in [2.05, 4.69) is 11.3 Å². The van der Waals surface area contributed by atoms with Crippen LogP contribution in [0, 0.1) is 5.41 Å². The highest BCUT2D eigenvalue weighted by molar-refractivity contribution is 5.81. The number of nitrogens with one attached hydrogen (secondary N) is 1. The summed E-state index contributed by atoms with van der Waals surface area (Å²) in [5, 5.41) is 13.5. The molecule has 62 valence electrons. The molecule has 0 unspecified atom stereocenters. The number of carbonyl (C=O) groups is 1. The summed E-state index contributed by atoms with van der Waals surface area (Å²) in [6, 6.07) is 0. The second-order valence-corrected chi connectivity index (χ2v) is 1.20. The van der Waals surface area contributed by atoms with Crippen LogP contribution < -0.4 is 0 Å². The van der Waals surface area contributed by atoms with Crippen LogP contribution in [0.25, 0.3) is 0 Å². The van der Waals surface area contributed by atoms with Crippen molar-refractivity contribution in [3.8, 4) is 0 Å². The summed E-state index contributed by atoms with van der Waals surface area (Å²) in [6.45, 7) is 3.06. The Morgan fingerprint density at radius 2 is 2.27 bits per heavy atom. The Morgan fingerprint density at radius 1 is 1.82 bits per heavy atom. The van der Waals surface area contributed by atoms with Crippen LogP contribution in [0.4, 0.5) is 0 Å². The van der Waals surface area contributed by atoms with Crippen LogP contribution in [0.3, 0.4) is 0 Å². The van der Waals surface area contributed by atoms with E-state index in [1.54, 1.807) is 0 Å². The molecule has 0 fully saturated rings. The number of rotatable bonds is 3. The van der Waals surface area contributed by atoms with Crippen LogP contribution in [0.5, 0.6) is 0 Å². The number of hydrogen-bond donors (Lipinski definition) is 2. The van der Waals surface area contributed by atoms with Crippen molar-refractivity contribution in [2.24, 2.45) is 0 Å². The van der Waals surface area contributed by atoms with Crippen molar-refractivity contribution in [1.82, 2.24) is 0 Å². The summed E-state index contributed by atoms with van der Waals surface area (Å²) in [5.41, 5.74) is 0. The zero-order chi connectivity index (χ0) is 9.11. The van der Waals surface area contributed by atoms with Gasteiger partial charge in [0.05, 0.1) is 6.61 Å². The minimum Gasteiger partial charge on any atom is -0.460 e. The molecule has 0 spiro atoms. The zero-order valence-electron chi connectivity index (χ0n) is 5.87. The Balaban J connectivity index is 0. The SMILES string of the molecule is C=CC(=O)OCCO.N=C=O. The van der Waals surface area contributed by atoms with Crippen LogP contribution in [0.15, 0.2) is 12.7 Å². The van der Waals surface area contributed by atoms with Crippen molar-refractivity contribution in [3.63, 3.8) is 0 Å². The van der Waals surface area contributed by atoms with E-state index >= 15 is 0 Å². The highest BCUT2D eigenvalue weighted by atomic mass is 16.5. The fraction of sp³-hybridized carbons (Fsp3) is 0.333. The molecule has 0 aliphatic rings. The number of ether oxygens (including phenoxy) is 1. The molecule has 0 aromatic carbocycles. The molecule has 0 aliphatic carbocycles. The first-order valence-corrected chi connectivity index (χ1v) is 2.66. The van der Waals surface area contributed by atoms with Crippen LogP contribution >= 0.6 is 0 Å². The van der Waals surface area contributed by atoms with Crippen LogP contribution in [0.1, 0.15) is 0 Å². The van der Waals surface area contributed by atoms with Gasteiger partial charge in [0.2, 0.25) is 6.08 Å². The lowest BCUT2D eigenvalue weighted by atomic mass is 10.6. The van der Waals surface area contributed by atoms with Crippen LogP contribution in [0.2, 0.25) is 0 Å². The topological polar surface area (TPSA) is 87.4 Å². The fourth-order valence-corrected chi connectivity index (χ4v) is 0.205. The monoisotopic (exact) mass is 159 g/mol. The first-order chi connectivity index (χ1) is 5.22. The van der Waals surface area contributed by atoms with Gasteiger partial charge in [-0.3, -0.25) is 0 Å². The Morgan fingerprint density at radius 3 is 2.55 bits per heavy atom. The molecule has 0 bridgehead atoms. The number of hydrogen-bond acceptors (Lipinski definition) is 5. The predicted octanol–water partition coefficient (Wildman–Crippen LogP) is -0.391. The largest absolute Gasteiger partial charge is 0.460 e. The van der Waals surface area contributed by atoms with E-state index in [1.807, 2.05) is 0 Å². The van der Waals surface area contributed by atoms with Crippen molar-refractivity contribution in [2.75, 3.05) is 13.2 Å². The summed E-state index contributed by atoms with van der Waals surface area (Å²) in [6.07, 6.45) is 1.80. The molecule has 0 atom stereocenters. The van der Waals surface area contributed by atoms with E-state index in [4.69, 9.17) is 15.3 Å². The molecule has 0 amide bonds. The summed E-state index contributed by atoms with van der Waals surface area (Å²) in [5.74, 6) is -0.501. The van der Waals surface area contributed by atoms with Gasteiger partial charge in [0.25, 0.3) is 0 Å². The maximum Gasteiger partial charge on any atom is 0.330 e. The summed E-state index contributed by atoms with van der Waals surface area (Å²) >= 11 is 0. The number of aliphatic hydroxyl groups excluding tert-OH is 1. The number of carbonyl (C=O) groups excluding carboxylic acids is 2. The second kappa shape index (κ2) is 11.4. The van der Waals surface area contributed by atoms with Gasteiger partial charge in [-0.15, -0.1) is 0 Å². The third-order valence-electron chi connectivity index (χ3n) is 0.502. The first-order valence-electron chi connectivity index (χ1n) is 2.66. The molecule has 5 nitrogen and oxygen atoms in total. The molecule has 0 rings (SSSR count). The maximum atomic E-state index is 10.1. The lowest BCUT2D eigenvalue weighted by Gasteiger charge is -1.94. The van der Waals surface area contributed by atoms with Gasteiger partial charge in [0.1, 0.15) is 6.61 Å². The molecular formula is C6H9NO4. The number of isocyanates is 1. The fourth-order valence-electron chi connectivity index (χ4n) is 0.205. The quantitative estimate of drug-likeness (QED) is 0.254. The Labute approximate surface area is 63.8 Å². The number of esters is 1. The average Bonchev–Trinajstić information content (AvgIpc) is 2.02. The minimum atomic E-state index is -0.501. The highest BCUT2D eigenvalue weighted by Crippen LogP contribution is 1.75. The molecule has 0 aromatic rings. The smallest absolute Gasteiger partial charge is 0.330 e. The predicted molar refractivity (Wildman–Crippen MR) is 36.7 cm³/mol. The van der Waals surface area contributed by atoms with Crippen LogP contribution in [-0.4, -0.2) is 30.4 Å². The van der Waals surface area contributed by atoms with Crippen molar-refractivity contribution in [1.29, 1.82) is 5.41 Å². The van der Waals surface area contributed by atoms with Gasteiger partial charge in [0, 0.05) is 6.08 Å². The molecule has 11 heavy (non-hydrogen) atoms. The van der Waals surface area contributed by atoms with Gasteiger partial charge in [-0.1, -0.05) is 6.58 Å². The average molecular weight is 159 g/mol. The maximum absolute atomic E-state index is 10.1. The molecule has 0 radical (unpaired) electrons. The third kappa shape index (κ3) is 17.7. The first kappa shape index (κ1) is 12.2. The van der Waals surface area contributed by atoms with E-state index < -0.39 is 5.97 Å². The Bertz CT molecular complexity index is 149. The zero-order valence-corrected chi connectivity index (χ0v) is 5.87. The molecule has 2 N–H and O–H groups in total. The van der Waals surface area contributed by atoms with Crippen molar-refractivity contribution >= 4 is 12.0 Å². The van der Waals surface area contributed by atoms with Gasteiger partial charge >= 0.3 is 5.97 Å². The molecule has 0 aromatic heterocycles. The van der Waals surface area contributed by atoms with E-state index in [0.29, 0.717) is 0 Å². The molecule has 5 heteroatoms. The molecule has 0 heterocycles. The summed E-state index contributed by atoms with van der Waals surface area (Å²) in [7, 11) is 0. The van der Waals surface area contributed by atoms with Gasteiger partial charge in [-0.05, 0) is 0 Å². The van der Waals surface area contributed by atoms with E-state index in [-0.39, 0.29) is 13.2 Å². The normalized spacial score (nSPS) is 6.64. The molecule has 0 saturated carbocycles. The van der Waals surface area contributed by atoms with E-state index in [0.717, 1.165) is 12.2 Å². The highest BCUT2D eigenvalue weighted by Gasteiger charge is 1.90. The Kier molecular flexibility index (Phi) is 12.6. The second-order valence-electron chi connectivity index (χ2n) is 1.20. The molecular weight excluding hydrogens is 150 g/mol. The standard InChI is InChI=1S/C5H8O3.CHNO/c1-2-5(7)8-4-3-6;2-1-3/h2,6H,1,3-4H2;2H. The number of aliphatic hydroxyl groups is 1.